The number of hydrogen-bond donors (Lipinski definition) is 3. The van der Waals surface area contributed by atoms with Crippen molar-refractivity contribution < 1.29 is 19.8 Å². The standard InChI is InChI=1S/C55H67N11O4/c1-3-39-16-19-50(67)47(35-39)53-59-60-55(70)66(53)44-17-14-41(15-18-44)36-61-26-22-43(23-27-61)54(69)64-28-20-40(21-29-64)9-8-25-57-52(63-33-31-62(32-34-63)51(68)4-2)46-24-30-65(37-48(46)58-38-56)49-13-7-11-42-10-5-6-12-45(42)49/h4-7,10-19,35,38,40,43,67H,2-3,8-9,20-34,36-37H2,1H3,(H2,56,58)(H,60,70)/b57-52+. The zero-order valence-corrected chi connectivity index (χ0v) is 40.5. The van der Waals surface area contributed by atoms with E-state index in [1.165, 1.54) is 28.9 Å². The maximum Gasteiger partial charge on any atom is 0.319 e. The van der Waals surface area contributed by atoms with E-state index in [1.54, 1.807) is 10.6 Å². The highest BCUT2D eigenvalue weighted by Crippen LogP contribution is 2.35. The molecule has 0 radical (unpaired) electrons. The maximum absolute atomic E-state index is 13.8. The quantitative estimate of drug-likeness (QED) is 0.0449. The number of fused-ring (bicyclic) bond motifs is 1. The van der Waals surface area contributed by atoms with Crippen LogP contribution in [0.3, 0.4) is 0 Å². The van der Waals surface area contributed by atoms with Gasteiger partial charge in [0.15, 0.2) is 5.82 Å². The van der Waals surface area contributed by atoms with E-state index < -0.39 is 0 Å². The summed E-state index contributed by atoms with van der Waals surface area (Å²) in [6, 6.07) is 28.1. The van der Waals surface area contributed by atoms with Gasteiger partial charge in [-0.1, -0.05) is 73.2 Å². The molecule has 70 heavy (non-hydrogen) atoms. The minimum Gasteiger partial charge on any atom is -0.507 e. The highest BCUT2D eigenvalue weighted by molar-refractivity contribution is 6.00. The van der Waals surface area contributed by atoms with Crippen molar-refractivity contribution in [2.75, 3.05) is 76.9 Å². The van der Waals surface area contributed by atoms with E-state index in [1.807, 2.05) is 48.2 Å². The van der Waals surface area contributed by atoms with Crippen LogP contribution < -0.4 is 10.6 Å². The van der Waals surface area contributed by atoms with Crippen molar-refractivity contribution in [2.45, 2.75) is 64.8 Å². The molecule has 15 heteroatoms. The summed E-state index contributed by atoms with van der Waals surface area (Å²) in [5, 5.41) is 31.8. The third kappa shape index (κ3) is 10.7. The predicted molar refractivity (Wildman–Crippen MR) is 277 cm³/mol. The van der Waals surface area contributed by atoms with Gasteiger partial charge in [0.25, 0.3) is 0 Å². The van der Waals surface area contributed by atoms with Gasteiger partial charge in [-0.25, -0.2) is 9.56 Å². The Morgan fingerprint density at radius 1 is 0.814 bits per heavy atom. The molecule has 0 saturated carbocycles. The molecule has 9 rings (SSSR count). The molecule has 4 aliphatic rings. The molecule has 366 valence electrons. The third-order valence-electron chi connectivity index (χ3n) is 14.8. The molecule has 2 amide bonds. The number of rotatable bonds is 14. The molecule has 4 aromatic carbocycles. The van der Waals surface area contributed by atoms with Crippen molar-refractivity contribution in [3.63, 3.8) is 0 Å². The van der Waals surface area contributed by atoms with Crippen LogP contribution in [-0.2, 0) is 22.6 Å². The summed E-state index contributed by atoms with van der Waals surface area (Å²) in [7, 11) is 0. The van der Waals surface area contributed by atoms with Crippen LogP contribution in [0.5, 0.6) is 11.8 Å². The van der Waals surface area contributed by atoms with E-state index in [2.05, 4.69) is 78.8 Å². The molecule has 5 aromatic rings. The Morgan fingerprint density at radius 3 is 2.29 bits per heavy atom. The largest absolute Gasteiger partial charge is 0.507 e. The lowest BCUT2D eigenvalue weighted by atomic mass is 9.90. The minimum absolute atomic E-state index is 0.0382. The number of amides is 2. The summed E-state index contributed by atoms with van der Waals surface area (Å²) in [5.74, 6) is 2.32. The fraction of sp³-hybridized carbons (Fsp3) is 0.418. The topological polar surface area (TPSA) is 172 Å². The number of amidine groups is 1. The van der Waals surface area contributed by atoms with E-state index in [0.717, 1.165) is 119 Å². The van der Waals surface area contributed by atoms with Crippen LogP contribution in [0.1, 0.15) is 63.0 Å². The van der Waals surface area contributed by atoms with Gasteiger partial charge in [0.2, 0.25) is 11.8 Å². The van der Waals surface area contributed by atoms with Crippen molar-refractivity contribution >= 4 is 40.4 Å². The summed E-state index contributed by atoms with van der Waals surface area (Å²) in [4.78, 5) is 47.5. The van der Waals surface area contributed by atoms with E-state index in [0.29, 0.717) is 68.2 Å². The van der Waals surface area contributed by atoms with Crippen molar-refractivity contribution in [3.05, 3.63) is 120 Å². The lowest BCUT2D eigenvalue weighted by Crippen LogP contribution is -2.51. The van der Waals surface area contributed by atoms with Gasteiger partial charge in [0.05, 0.1) is 29.8 Å². The first kappa shape index (κ1) is 48.0. The molecule has 15 nitrogen and oxygen atoms in total. The normalized spacial score (nSPS) is 18.1. The number of phenols is 1. The van der Waals surface area contributed by atoms with Gasteiger partial charge in [-0.3, -0.25) is 19.5 Å². The number of carbonyl (C=O) groups excluding carboxylic acids is 2. The number of aromatic nitrogens is 3. The number of nitrogens with zero attached hydrogens (tertiary/aromatic N) is 10. The molecule has 0 spiro atoms. The van der Waals surface area contributed by atoms with Crippen molar-refractivity contribution in [2.24, 2.45) is 27.6 Å². The van der Waals surface area contributed by atoms with Crippen molar-refractivity contribution in [3.8, 4) is 28.8 Å². The first-order valence-corrected chi connectivity index (χ1v) is 25.2. The van der Waals surface area contributed by atoms with Gasteiger partial charge in [0.1, 0.15) is 11.6 Å². The number of hydrogen-bond acceptors (Lipinski definition) is 10. The molecule has 4 N–H and O–H groups in total. The number of nitrogens with two attached hydrogens (primary N) is 1. The Kier molecular flexibility index (Phi) is 15.2. The van der Waals surface area contributed by atoms with E-state index in [9.17, 15) is 19.8 Å². The summed E-state index contributed by atoms with van der Waals surface area (Å²) in [5.41, 5.74) is 12.7. The molecule has 4 aliphatic heterocycles. The minimum atomic E-state index is -0.242. The fourth-order valence-corrected chi connectivity index (χ4v) is 10.8. The number of aliphatic imine (C=N–C) groups is 2. The highest BCUT2D eigenvalue weighted by atomic mass is 16.3. The van der Waals surface area contributed by atoms with Crippen LogP contribution in [0.15, 0.2) is 119 Å². The summed E-state index contributed by atoms with van der Waals surface area (Å²) in [6.07, 6.45) is 10.1. The van der Waals surface area contributed by atoms with E-state index in [4.69, 9.17) is 15.7 Å². The molecule has 0 atom stereocenters. The number of anilines is 1. The van der Waals surface area contributed by atoms with Crippen LogP contribution in [-0.4, -0.2) is 141 Å². The van der Waals surface area contributed by atoms with Gasteiger partial charge < -0.3 is 35.5 Å². The number of aryl methyl sites for hydroxylation is 1. The summed E-state index contributed by atoms with van der Waals surface area (Å²) in [6.45, 7) is 14.6. The highest BCUT2D eigenvalue weighted by Gasteiger charge is 2.32. The van der Waals surface area contributed by atoms with Crippen LogP contribution in [0.25, 0.3) is 27.8 Å². The molecule has 1 aromatic heterocycles. The fourth-order valence-electron chi connectivity index (χ4n) is 10.8. The number of benzene rings is 4. The monoisotopic (exact) mass is 946 g/mol. The Hall–Kier alpha value is -7.00. The summed E-state index contributed by atoms with van der Waals surface area (Å²) >= 11 is 0. The first-order valence-electron chi connectivity index (χ1n) is 25.2. The molecule has 0 bridgehead atoms. The van der Waals surface area contributed by atoms with Crippen molar-refractivity contribution in [1.29, 1.82) is 0 Å². The maximum atomic E-state index is 13.8. The van der Waals surface area contributed by atoms with Crippen LogP contribution in [0.2, 0.25) is 0 Å². The van der Waals surface area contributed by atoms with E-state index in [-0.39, 0.29) is 23.6 Å². The van der Waals surface area contributed by atoms with Crippen LogP contribution in [0.4, 0.5) is 5.69 Å². The summed E-state index contributed by atoms with van der Waals surface area (Å²) < 4.78 is 1.55. The second kappa shape index (κ2) is 22.2. The lowest BCUT2D eigenvalue weighted by Gasteiger charge is -2.39. The molecule has 0 unspecified atom stereocenters. The Balaban J connectivity index is 0.764. The average molecular weight is 946 g/mol. The number of phenolic OH excluding ortho intramolecular Hbond substituents is 1. The predicted octanol–water partition coefficient (Wildman–Crippen LogP) is 7.17. The molecule has 3 saturated heterocycles. The number of piperazine rings is 1. The molecule has 3 fully saturated rings. The first-order chi connectivity index (χ1) is 34.2. The second-order valence-corrected chi connectivity index (χ2v) is 19.1. The van der Waals surface area contributed by atoms with E-state index >= 15 is 0 Å². The van der Waals surface area contributed by atoms with Gasteiger partial charge >= 0.3 is 6.01 Å². The van der Waals surface area contributed by atoms with Crippen LogP contribution >= 0.6 is 0 Å². The zero-order chi connectivity index (χ0) is 48.6. The number of carbonyl (C=O) groups is 2. The Bertz CT molecular complexity index is 2740. The van der Waals surface area contributed by atoms with Crippen molar-refractivity contribution in [1.82, 2.24) is 34.4 Å². The van der Waals surface area contributed by atoms with Crippen LogP contribution in [0, 0.1) is 11.8 Å². The Morgan fingerprint density at radius 2 is 1.54 bits per heavy atom. The molecular formula is C55H67N11O4. The molecule has 0 aliphatic carbocycles. The number of likely N-dealkylation sites (tertiary alicyclic amines) is 2. The second-order valence-electron chi connectivity index (χ2n) is 19.1. The van der Waals surface area contributed by atoms with Gasteiger partial charge in [-0.05, 0) is 123 Å². The zero-order valence-electron chi connectivity index (χ0n) is 40.5. The number of piperidine rings is 2. The van der Waals surface area contributed by atoms with Gasteiger partial charge in [-0.15, -0.1) is 5.10 Å². The number of aromatic hydroxyl groups is 2. The Labute approximate surface area is 411 Å². The third-order valence-corrected chi connectivity index (χ3v) is 14.8. The smallest absolute Gasteiger partial charge is 0.319 e. The molecular weight excluding hydrogens is 879 g/mol. The SMILES string of the molecule is C=CC(=O)N1CCN(/C(=N/CCCC2CCN(C(=O)C3CCN(Cc4ccc(-n5c(O)nnc5-c5cc(CC)ccc5O)cc4)CC3)CC2)C2=C(/N=C/N)CN(c3cccc4ccccc34)CC2)CC1. The molecule has 5 heterocycles. The lowest BCUT2D eigenvalue weighted by molar-refractivity contribution is -0.138. The van der Waals surface area contributed by atoms with Gasteiger partial charge in [0, 0.05) is 81.5 Å². The average Bonchev–Trinajstić information content (AvgIpc) is 3.79. The van der Waals surface area contributed by atoms with Gasteiger partial charge in [-0.2, -0.15) is 0 Å².